The smallest absolute Gasteiger partial charge is 0.414 e. The lowest BCUT2D eigenvalue weighted by Gasteiger charge is -2.22. The summed E-state index contributed by atoms with van der Waals surface area (Å²) in [6.45, 7) is 5.54. The topological polar surface area (TPSA) is 38.8 Å². The van der Waals surface area contributed by atoms with Gasteiger partial charge in [0.2, 0.25) is 0 Å². The number of rotatable bonds is 4. The summed E-state index contributed by atoms with van der Waals surface area (Å²) in [4.78, 5) is 13.2. The lowest BCUT2D eigenvalue weighted by Crippen LogP contribution is -2.31. The molecule has 110 valence electrons. The van der Waals surface area contributed by atoms with Crippen molar-refractivity contribution in [3.05, 3.63) is 42.1 Å². The molecule has 0 spiro atoms. The van der Waals surface area contributed by atoms with Crippen molar-refractivity contribution in [2.24, 2.45) is 0 Å². The number of benzene rings is 1. The number of hydrogen-bond acceptors (Lipinski definition) is 3. The quantitative estimate of drug-likeness (QED) is 0.843. The van der Waals surface area contributed by atoms with Gasteiger partial charge in [0.25, 0.3) is 0 Å². The molecule has 0 bridgehead atoms. The van der Waals surface area contributed by atoms with E-state index in [0.29, 0.717) is 0 Å². The van der Waals surface area contributed by atoms with Crippen molar-refractivity contribution in [2.45, 2.75) is 32.8 Å². The SMILES string of the molecule is COc1cccc(C/C=C/N(C)C(=O)OC(C)(C)C)c1. The van der Waals surface area contributed by atoms with Gasteiger partial charge in [-0.2, -0.15) is 0 Å². The van der Waals surface area contributed by atoms with E-state index in [1.54, 1.807) is 20.4 Å². The van der Waals surface area contributed by atoms with Gasteiger partial charge in [-0.15, -0.1) is 0 Å². The van der Waals surface area contributed by atoms with Crippen LogP contribution in [0.4, 0.5) is 4.79 Å². The van der Waals surface area contributed by atoms with Gasteiger partial charge in [0.05, 0.1) is 7.11 Å². The lowest BCUT2D eigenvalue weighted by atomic mass is 10.1. The Morgan fingerprint density at radius 2 is 2.05 bits per heavy atom. The van der Waals surface area contributed by atoms with Gasteiger partial charge in [-0.25, -0.2) is 4.79 Å². The summed E-state index contributed by atoms with van der Waals surface area (Å²) < 4.78 is 10.4. The first-order valence-electron chi connectivity index (χ1n) is 6.57. The van der Waals surface area contributed by atoms with Crippen molar-refractivity contribution in [1.29, 1.82) is 0 Å². The maximum absolute atomic E-state index is 11.7. The van der Waals surface area contributed by atoms with Gasteiger partial charge in [-0.05, 0) is 44.9 Å². The lowest BCUT2D eigenvalue weighted by molar-refractivity contribution is 0.0372. The van der Waals surface area contributed by atoms with Crippen molar-refractivity contribution < 1.29 is 14.3 Å². The molecule has 0 saturated carbocycles. The van der Waals surface area contributed by atoms with Crippen LogP contribution in [0.3, 0.4) is 0 Å². The van der Waals surface area contributed by atoms with Crippen molar-refractivity contribution in [2.75, 3.05) is 14.2 Å². The fourth-order valence-electron chi connectivity index (χ4n) is 1.54. The number of nitrogens with zero attached hydrogens (tertiary/aromatic N) is 1. The Bertz CT molecular complexity index is 475. The number of amides is 1. The Hall–Kier alpha value is -1.97. The molecule has 0 aliphatic rings. The molecular formula is C16H23NO3. The van der Waals surface area contributed by atoms with Crippen LogP contribution in [0.25, 0.3) is 0 Å². The third-order valence-corrected chi connectivity index (χ3v) is 2.50. The molecule has 0 aliphatic heterocycles. The van der Waals surface area contributed by atoms with Crippen LogP contribution in [0, 0.1) is 0 Å². The third-order valence-electron chi connectivity index (χ3n) is 2.50. The van der Waals surface area contributed by atoms with Gasteiger partial charge in [0.15, 0.2) is 0 Å². The first-order chi connectivity index (χ1) is 9.31. The van der Waals surface area contributed by atoms with Crippen LogP contribution in [-0.2, 0) is 11.2 Å². The molecular weight excluding hydrogens is 254 g/mol. The predicted octanol–water partition coefficient (Wildman–Crippen LogP) is 3.62. The normalized spacial score (nSPS) is 11.4. The molecule has 0 fully saturated rings. The average Bonchev–Trinajstić information content (AvgIpc) is 2.37. The zero-order chi connectivity index (χ0) is 15.2. The molecule has 4 nitrogen and oxygen atoms in total. The summed E-state index contributed by atoms with van der Waals surface area (Å²) in [5.41, 5.74) is 0.643. The molecule has 0 radical (unpaired) electrons. The van der Waals surface area contributed by atoms with Crippen LogP contribution in [0.15, 0.2) is 36.5 Å². The summed E-state index contributed by atoms with van der Waals surface area (Å²) in [6, 6.07) is 7.83. The zero-order valence-corrected chi connectivity index (χ0v) is 12.8. The van der Waals surface area contributed by atoms with Crippen molar-refractivity contribution in [3.63, 3.8) is 0 Å². The Labute approximate surface area is 121 Å². The van der Waals surface area contributed by atoms with Gasteiger partial charge in [-0.3, -0.25) is 4.90 Å². The minimum Gasteiger partial charge on any atom is -0.497 e. The van der Waals surface area contributed by atoms with E-state index in [1.807, 2.05) is 51.1 Å². The number of ether oxygens (including phenoxy) is 2. The molecule has 0 aromatic heterocycles. The zero-order valence-electron chi connectivity index (χ0n) is 12.8. The molecule has 1 aromatic rings. The number of hydrogen-bond donors (Lipinski definition) is 0. The predicted molar refractivity (Wildman–Crippen MR) is 79.8 cm³/mol. The molecule has 0 unspecified atom stereocenters. The maximum atomic E-state index is 11.7. The summed E-state index contributed by atoms with van der Waals surface area (Å²) in [7, 11) is 3.32. The first kappa shape index (κ1) is 16.1. The Morgan fingerprint density at radius 3 is 2.65 bits per heavy atom. The maximum Gasteiger partial charge on any atom is 0.414 e. The highest BCUT2D eigenvalue weighted by Crippen LogP contribution is 2.13. The summed E-state index contributed by atoms with van der Waals surface area (Å²) >= 11 is 0. The van der Waals surface area contributed by atoms with E-state index in [2.05, 4.69) is 0 Å². The highest BCUT2D eigenvalue weighted by atomic mass is 16.6. The van der Waals surface area contributed by atoms with Gasteiger partial charge in [0.1, 0.15) is 11.4 Å². The minimum absolute atomic E-state index is 0.362. The van der Waals surface area contributed by atoms with Crippen LogP contribution >= 0.6 is 0 Å². The van der Waals surface area contributed by atoms with E-state index in [9.17, 15) is 4.79 Å². The number of methoxy groups -OCH3 is 1. The van der Waals surface area contributed by atoms with Crippen molar-refractivity contribution in [1.82, 2.24) is 4.90 Å². The first-order valence-corrected chi connectivity index (χ1v) is 6.57. The van der Waals surface area contributed by atoms with Crippen LogP contribution in [-0.4, -0.2) is 30.8 Å². The van der Waals surface area contributed by atoms with Crippen LogP contribution in [0.2, 0.25) is 0 Å². The minimum atomic E-state index is -0.480. The molecule has 0 heterocycles. The molecule has 0 N–H and O–H groups in total. The second kappa shape index (κ2) is 6.98. The van der Waals surface area contributed by atoms with E-state index in [0.717, 1.165) is 17.7 Å². The van der Waals surface area contributed by atoms with E-state index in [1.165, 1.54) is 4.90 Å². The third kappa shape index (κ3) is 5.78. The summed E-state index contributed by atoms with van der Waals surface area (Å²) in [5.74, 6) is 0.830. The molecule has 0 saturated heterocycles. The summed E-state index contributed by atoms with van der Waals surface area (Å²) in [5, 5.41) is 0. The van der Waals surface area contributed by atoms with Gasteiger partial charge >= 0.3 is 6.09 Å². The number of allylic oxidation sites excluding steroid dienone is 1. The number of carbonyl (C=O) groups is 1. The van der Waals surface area contributed by atoms with Crippen LogP contribution in [0.5, 0.6) is 5.75 Å². The standard InChI is InChI=1S/C16H23NO3/c1-16(2,3)20-15(18)17(4)11-7-9-13-8-6-10-14(12-13)19-5/h6-8,10-12H,9H2,1-5H3/b11-7+. The largest absolute Gasteiger partial charge is 0.497 e. The Balaban J connectivity index is 2.53. The van der Waals surface area contributed by atoms with E-state index in [-0.39, 0.29) is 6.09 Å². The Morgan fingerprint density at radius 1 is 1.35 bits per heavy atom. The Kier molecular flexibility index (Phi) is 5.62. The highest BCUT2D eigenvalue weighted by Gasteiger charge is 2.17. The van der Waals surface area contributed by atoms with E-state index < -0.39 is 5.60 Å². The van der Waals surface area contributed by atoms with Gasteiger partial charge in [0, 0.05) is 13.2 Å². The molecule has 1 rings (SSSR count). The van der Waals surface area contributed by atoms with Crippen molar-refractivity contribution in [3.8, 4) is 5.75 Å². The number of carbonyl (C=O) groups excluding carboxylic acids is 1. The molecule has 0 aliphatic carbocycles. The van der Waals surface area contributed by atoms with E-state index in [4.69, 9.17) is 9.47 Å². The van der Waals surface area contributed by atoms with Crippen LogP contribution < -0.4 is 4.74 Å². The highest BCUT2D eigenvalue weighted by molar-refractivity contribution is 5.68. The molecule has 1 amide bonds. The van der Waals surface area contributed by atoms with Gasteiger partial charge < -0.3 is 9.47 Å². The molecule has 0 atom stereocenters. The molecule has 1 aromatic carbocycles. The monoisotopic (exact) mass is 277 g/mol. The second-order valence-corrected chi connectivity index (χ2v) is 5.53. The fraction of sp³-hybridized carbons (Fsp3) is 0.438. The average molecular weight is 277 g/mol. The summed E-state index contributed by atoms with van der Waals surface area (Å²) in [6.07, 6.45) is 4.00. The van der Waals surface area contributed by atoms with Crippen molar-refractivity contribution >= 4 is 6.09 Å². The second-order valence-electron chi connectivity index (χ2n) is 5.53. The fourth-order valence-corrected chi connectivity index (χ4v) is 1.54. The molecule has 4 heteroatoms. The van der Waals surface area contributed by atoms with Crippen LogP contribution in [0.1, 0.15) is 26.3 Å². The molecule has 20 heavy (non-hydrogen) atoms. The van der Waals surface area contributed by atoms with Gasteiger partial charge in [-0.1, -0.05) is 18.2 Å². The van der Waals surface area contributed by atoms with E-state index >= 15 is 0 Å².